The highest BCUT2D eigenvalue weighted by Gasteiger charge is 2.43. The molecule has 3 saturated heterocycles. The number of ether oxygens (including phenoxy) is 1. The SMILES string of the molecule is Cc1ccc2nc(C3CCCN3C(=O)CC3CC4CCC3O4)[nH]c2c1. The molecule has 4 heterocycles. The quantitative estimate of drug-likeness (QED) is 0.931. The van der Waals surface area contributed by atoms with Crippen molar-refractivity contribution < 1.29 is 9.53 Å². The maximum absolute atomic E-state index is 13.0. The summed E-state index contributed by atoms with van der Waals surface area (Å²) in [5.74, 6) is 1.64. The maximum atomic E-state index is 13.0. The summed E-state index contributed by atoms with van der Waals surface area (Å²) >= 11 is 0. The molecule has 0 aliphatic carbocycles. The van der Waals surface area contributed by atoms with Gasteiger partial charge in [-0.1, -0.05) is 6.07 Å². The molecule has 0 saturated carbocycles. The average Bonchev–Trinajstić information content (AvgIpc) is 3.36. The Balaban J connectivity index is 1.34. The van der Waals surface area contributed by atoms with E-state index >= 15 is 0 Å². The first-order valence-corrected chi connectivity index (χ1v) is 9.58. The van der Waals surface area contributed by atoms with Crippen LogP contribution >= 0.6 is 0 Å². The second-order valence-corrected chi connectivity index (χ2v) is 7.96. The Hall–Kier alpha value is -1.88. The van der Waals surface area contributed by atoms with Crippen molar-refractivity contribution in [3.05, 3.63) is 29.6 Å². The Kier molecular flexibility index (Phi) is 3.59. The van der Waals surface area contributed by atoms with Crippen LogP contribution in [0.3, 0.4) is 0 Å². The molecule has 0 radical (unpaired) electrons. The van der Waals surface area contributed by atoms with Crippen molar-refractivity contribution in [1.82, 2.24) is 14.9 Å². The number of aromatic amines is 1. The van der Waals surface area contributed by atoms with E-state index in [1.807, 2.05) is 0 Å². The Morgan fingerprint density at radius 3 is 3.08 bits per heavy atom. The fourth-order valence-corrected chi connectivity index (χ4v) is 4.95. The molecule has 2 bridgehead atoms. The van der Waals surface area contributed by atoms with E-state index in [9.17, 15) is 4.79 Å². The molecule has 0 spiro atoms. The van der Waals surface area contributed by atoms with Gasteiger partial charge < -0.3 is 14.6 Å². The first-order chi connectivity index (χ1) is 12.2. The minimum Gasteiger partial charge on any atom is -0.375 e. The fraction of sp³-hybridized carbons (Fsp3) is 0.600. The second kappa shape index (κ2) is 5.84. The van der Waals surface area contributed by atoms with Crippen molar-refractivity contribution in [3.8, 4) is 0 Å². The van der Waals surface area contributed by atoms with Gasteiger partial charge in [0.05, 0.1) is 29.3 Å². The molecule has 4 unspecified atom stereocenters. The van der Waals surface area contributed by atoms with Gasteiger partial charge in [-0.15, -0.1) is 0 Å². The first-order valence-electron chi connectivity index (χ1n) is 9.58. The summed E-state index contributed by atoms with van der Waals surface area (Å²) in [6.07, 6.45) is 6.81. The van der Waals surface area contributed by atoms with Gasteiger partial charge in [0.2, 0.25) is 5.91 Å². The number of amides is 1. The van der Waals surface area contributed by atoms with Gasteiger partial charge in [0.25, 0.3) is 0 Å². The van der Waals surface area contributed by atoms with Crippen LogP contribution in [0.4, 0.5) is 0 Å². The van der Waals surface area contributed by atoms with E-state index in [0.717, 1.165) is 49.1 Å². The number of hydrogen-bond acceptors (Lipinski definition) is 3. The van der Waals surface area contributed by atoms with Crippen molar-refractivity contribution in [2.24, 2.45) is 5.92 Å². The van der Waals surface area contributed by atoms with Crippen molar-refractivity contribution in [2.45, 2.75) is 63.7 Å². The molecular formula is C20H25N3O2. The second-order valence-electron chi connectivity index (χ2n) is 7.96. The number of nitrogens with one attached hydrogen (secondary N) is 1. The lowest BCUT2D eigenvalue weighted by atomic mass is 9.86. The number of likely N-dealkylation sites (tertiary alicyclic amines) is 1. The van der Waals surface area contributed by atoms with Crippen LogP contribution in [0.1, 0.15) is 56.0 Å². The molecule has 2 aromatic rings. The van der Waals surface area contributed by atoms with Crippen molar-refractivity contribution in [2.75, 3.05) is 6.54 Å². The zero-order valence-electron chi connectivity index (χ0n) is 14.7. The highest BCUT2D eigenvalue weighted by Crippen LogP contribution is 2.41. The molecule has 3 fully saturated rings. The standard InChI is InChI=1S/C20H25N3O2/c1-12-4-6-15-16(9-12)22-20(21-15)17-3-2-8-23(17)19(24)11-13-10-14-5-7-18(13)25-14/h4,6,9,13-14,17-18H,2-3,5,7-8,10-11H2,1H3,(H,21,22). The fourth-order valence-electron chi connectivity index (χ4n) is 4.95. The smallest absolute Gasteiger partial charge is 0.223 e. The van der Waals surface area contributed by atoms with Crippen LogP contribution in [-0.2, 0) is 9.53 Å². The minimum absolute atomic E-state index is 0.0970. The molecule has 25 heavy (non-hydrogen) atoms. The third-order valence-corrected chi connectivity index (χ3v) is 6.21. The van der Waals surface area contributed by atoms with Crippen LogP contribution in [0.15, 0.2) is 18.2 Å². The maximum Gasteiger partial charge on any atom is 0.223 e. The lowest BCUT2D eigenvalue weighted by Crippen LogP contribution is -2.34. The molecule has 3 aliphatic rings. The van der Waals surface area contributed by atoms with Gasteiger partial charge >= 0.3 is 0 Å². The number of nitrogens with zero attached hydrogens (tertiary/aromatic N) is 2. The number of carbonyl (C=O) groups is 1. The van der Waals surface area contributed by atoms with Crippen LogP contribution in [0, 0.1) is 12.8 Å². The topological polar surface area (TPSA) is 58.2 Å². The molecule has 1 amide bonds. The molecule has 5 rings (SSSR count). The summed E-state index contributed by atoms with van der Waals surface area (Å²) in [7, 11) is 0. The summed E-state index contributed by atoms with van der Waals surface area (Å²) in [5, 5.41) is 0. The number of aromatic nitrogens is 2. The summed E-state index contributed by atoms with van der Waals surface area (Å²) in [5.41, 5.74) is 3.27. The number of imidazole rings is 1. The lowest BCUT2D eigenvalue weighted by molar-refractivity contribution is -0.133. The zero-order chi connectivity index (χ0) is 17.0. The average molecular weight is 339 g/mol. The Morgan fingerprint density at radius 2 is 2.28 bits per heavy atom. The molecule has 1 N–H and O–H groups in total. The summed E-state index contributed by atoms with van der Waals surface area (Å²) in [4.78, 5) is 23.2. The highest BCUT2D eigenvalue weighted by molar-refractivity contribution is 5.78. The molecule has 1 aromatic heterocycles. The molecule has 1 aromatic carbocycles. The summed E-state index contributed by atoms with van der Waals surface area (Å²) in [6.45, 7) is 2.93. The van der Waals surface area contributed by atoms with E-state index in [4.69, 9.17) is 9.72 Å². The number of H-pyrrole nitrogens is 1. The van der Waals surface area contributed by atoms with Crippen molar-refractivity contribution in [1.29, 1.82) is 0 Å². The van der Waals surface area contributed by atoms with Crippen LogP contribution < -0.4 is 0 Å². The molecule has 5 heteroatoms. The van der Waals surface area contributed by atoms with Crippen molar-refractivity contribution >= 4 is 16.9 Å². The summed E-state index contributed by atoms with van der Waals surface area (Å²) < 4.78 is 5.92. The van der Waals surface area contributed by atoms with Gasteiger partial charge in [-0.05, 0) is 62.6 Å². The van der Waals surface area contributed by atoms with Crippen LogP contribution in [0.25, 0.3) is 11.0 Å². The van der Waals surface area contributed by atoms with Crippen LogP contribution in [0.5, 0.6) is 0 Å². The van der Waals surface area contributed by atoms with E-state index in [1.165, 1.54) is 12.0 Å². The van der Waals surface area contributed by atoms with E-state index < -0.39 is 0 Å². The normalized spacial score (nSPS) is 31.3. The third kappa shape index (κ3) is 2.65. The zero-order valence-corrected chi connectivity index (χ0v) is 14.7. The Bertz CT molecular complexity index is 814. The van der Waals surface area contributed by atoms with Gasteiger partial charge in [0.1, 0.15) is 5.82 Å². The van der Waals surface area contributed by atoms with E-state index in [-0.39, 0.29) is 11.9 Å². The molecule has 4 atom stereocenters. The molecule has 5 nitrogen and oxygen atoms in total. The Labute approximate surface area is 147 Å². The van der Waals surface area contributed by atoms with Gasteiger partial charge in [-0.3, -0.25) is 4.79 Å². The van der Waals surface area contributed by atoms with Crippen LogP contribution in [0.2, 0.25) is 0 Å². The first kappa shape index (κ1) is 15.4. The highest BCUT2D eigenvalue weighted by atomic mass is 16.5. The molecular weight excluding hydrogens is 314 g/mol. The van der Waals surface area contributed by atoms with E-state index in [0.29, 0.717) is 24.5 Å². The number of aryl methyl sites for hydroxylation is 1. The number of fused-ring (bicyclic) bond motifs is 3. The molecule has 132 valence electrons. The monoisotopic (exact) mass is 339 g/mol. The summed E-state index contributed by atoms with van der Waals surface area (Å²) in [6, 6.07) is 6.36. The van der Waals surface area contributed by atoms with Gasteiger partial charge in [0.15, 0.2) is 0 Å². The third-order valence-electron chi connectivity index (χ3n) is 6.21. The van der Waals surface area contributed by atoms with Gasteiger partial charge in [0, 0.05) is 13.0 Å². The van der Waals surface area contributed by atoms with Gasteiger partial charge in [-0.2, -0.15) is 0 Å². The van der Waals surface area contributed by atoms with Crippen LogP contribution in [-0.4, -0.2) is 39.5 Å². The van der Waals surface area contributed by atoms with E-state index in [1.54, 1.807) is 0 Å². The number of rotatable bonds is 3. The molecule has 3 aliphatic heterocycles. The Morgan fingerprint density at radius 1 is 1.36 bits per heavy atom. The predicted molar refractivity (Wildman–Crippen MR) is 95.1 cm³/mol. The van der Waals surface area contributed by atoms with Gasteiger partial charge in [-0.25, -0.2) is 4.98 Å². The minimum atomic E-state index is 0.0970. The largest absolute Gasteiger partial charge is 0.375 e. The number of hydrogen-bond donors (Lipinski definition) is 1. The van der Waals surface area contributed by atoms with E-state index in [2.05, 4.69) is 35.0 Å². The number of carbonyl (C=O) groups excluding carboxylic acids is 1. The number of benzene rings is 1. The lowest BCUT2D eigenvalue weighted by Gasteiger charge is -2.26. The predicted octanol–water partition coefficient (Wildman–Crippen LogP) is 3.49. The van der Waals surface area contributed by atoms with Crippen molar-refractivity contribution in [3.63, 3.8) is 0 Å².